The van der Waals surface area contributed by atoms with Crippen molar-refractivity contribution in [1.29, 1.82) is 0 Å². The summed E-state index contributed by atoms with van der Waals surface area (Å²) in [7, 11) is -3.68. The van der Waals surface area contributed by atoms with Gasteiger partial charge >= 0.3 is 0 Å². The highest BCUT2D eigenvalue weighted by Crippen LogP contribution is 2.11. The maximum atomic E-state index is 12.4. The fourth-order valence-electron chi connectivity index (χ4n) is 3.13. The van der Waals surface area contributed by atoms with Crippen molar-refractivity contribution in [2.75, 3.05) is 32.7 Å². The highest BCUT2D eigenvalue weighted by molar-refractivity contribution is 7.89. The molecule has 2 aromatic rings. The minimum atomic E-state index is -3.68. The van der Waals surface area contributed by atoms with Crippen molar-refractivity contribution in [1.82, 2.24) is 14.5 Å². The molecular weight excluding hydrogens is 362 g/mol. The van der Waals surface area contributed by atoms with Gasteiger partial charge in [-0.2, -0.15) is 0 Å². The summed E-state index contributed by atoms with van der Waals surface area (Å²) in [4.78, 5) is 16.6. The summed E-state index contributed by atoms with van der Waals surface area (Å²) in [6.45, 7) is 5.27. The van der Waals surface area contributed by atoms with Gasteiger partial charge in [0.25, 0.3) is 0 Å². The molecule has 144 valence electrons. The third-order valence-electron chi connectivity index (χ3n) is 4.69. The molecule has 0 spiro atoms. The van der Waals surface area contributed by atoms with Crippen molar-refractivity contribution < 1.29 is 13.2 Å². The predicted molar refractivity (Wildman–Crippen MR) is 105 cm³/mol. The van der Waals surface area contributed by atoms with Crippen LogP contribution in [-0.4, -0.2) is 56.8 Å². The Hall–Kier alpha value is -2.22. The van der Waals surface area contributed by atoms with Crippen LogP contribution in [0.25, 0.3) is 0 Å². The minimum Gasteiger partial charge on any atom is -0.339 e. The molecular formula is C20H25N3O3S. The number of sulfonamides is 1. The number of nitrogens with one attached hydrogen (secondary N) is 1. The third kappa shape index (κ3) is 5.38. The van der Waals surface area contributed by atoms with Crippen LogP contribution in [0.5, 0.6) is 0 Å². The maximum absolute atomic E-state index is 12.4. The third-order valence-corrected chi connectivity index (χ3v) is 6.09. The number of aryl methyl sites for hydroxylation is 1. The van der Waals surface area contributed by atoms with Crippen molar-refractivity contribution in [3.8, 4) is 0 Å². The van der Waals surface area contributed by atoms with Crippen LogP contribution in [0.15, 0.2) is 59.5 Å². The van der Waals surface area contributed by atoms with Gasteiger partial charge in [0.05, 0.1) is 11.4 Å². The van der Waals surface area contributed by atoms with Crippen molar-refractivity contribution in [2.24, 2.45) is 0 Å². The van der Waals surface area contributed by atoms with Gasteiger partial charge in [-0.3, -0.25) is 9.69 Å². The van der Waals surface area contributed by atoms with E-state index in [9.17, 15) is 13.2 Å². The second kappa shape index (κ2) is 8.65. The van der Waals surface area contributed by atoms with Gasteiger partial charge in [-0.1, -0.05) is 42.5 Å². The summed E-state index contributed by atoms with van der Waals surface area (Å²) in [5.41, 5.74) is 2.11. The lowest BCUT2D eigenvalue weighted by atomic mass is 10.2. The number of hydrogen-bond donors (Lipinski definition) is 1. The number of amides is 1. The molecule has 1 aliphatic heterocycles. The summed E-state index contributed by atoms with van der Waals surface area (Å²) in [6, 6.07) is 16.9. The van der Waals surface area contributed by atoms with Gasteiger partial charge in [-0.15, -0.1) is 0 Å². The van der Waals surface area contributed by atoms with Crippen LogP contribution in [0.2, 0.25) is 0 Å². The van der Waals surface area contributed by atoms with Crippen LogP contribution in [0, 0.1) is 6.92 Å². The second-order valence-corrected chi connectivity index (χ2v) is 8.55. The number of carbonyl (C=O) groups excluding carboxylic acids is 1. The van der Waals surface area contributed by atoms with Gasteiger partial charge < -0.3 is 4.90 Å². The summed E-state index contributed by atoms with van der Waals surface area (Å²) >= 11 is 0. The Balaban J connectivity index is 1.48. The fourth-order valence-corrected chi connectivity index (χ4v) is 4.21. The van der Waals surface area contributed by atoms with E-state index >= 15 is 0 Å². The van der Waals surface area contributed by atoms with E-state index < -0.39 is 10.0 Å². The van der Waals surface area contributed by atoms with Crippen LogP contribution < -0.4 is 4.72 Å². The Labute approximate surface area is 160 Å². The topological polar surface area (TPSA) is 69.7 Å². The molecule has 0 unspecified atom stereocenters. The number of piperazine rings is 1. The molecule has 1 amide bonds. The van der Waals surface area contributed by atoms with Gasteiger partial charge in [0.2, 0.25) is 15.9 Å². The van der Waals surface area contributed by atoms with Crippen LogP contribution in [0.3, 0.4) is 0 Å². The molecule has 0 bridgehead atoms. The summed E-state index contributed by atoms with van der Waals surface area (Å²) in [5, 5.41) is 0. The number of rotatable bonds is 6. The van der Waals surface area contributed by atoms with Gasteiger partial charge in [0.15, 0.2) is 0 Å². The lowest BCUT2D eigenvalue weighted by Crippen LogP contribution is -2.50. The number of carbonyl (C=O) groups is 1. The van der Waals surface area contributed by atoms with Gasteiger partial charge in [-0.05, 0) is 30.2 Å². The zero-order chi connectivity index (χ0) is 19.3. The molecule has 0 aromatic heterocycles. The van der Waals surface area contributed by atoms with Gasteiger partial charge in [0.1, 0.15) is 0 Å². The highest BCUT2D eigenvalue weighted by atomic mass is 32.2. The molecule has 2 aromatic carbocycles. The molecule has 7 heteroatoms. The van der Waals surface area contributed by atoms with E-state index in [1.54, 1.807) is 17.0 Å². The van der Waals surface area contributed by atoms with Crippen molar-refractivity contribution in [3.05, 3.63) is 65.7 Å². The first-order valence-electron chi connectivity index (χ1n) is 9.04. The smallest absolute Gasteiger partial charge is 0.241 e. The lowest BCUT2D eigenvalue weighted by molar-refractivity contribution is -0.131. The maximum Gasteiger partial charge on any atom is 0.241 e. The molecule has 1 saturated heterocycles. The monoisotopic (exact) mass is 387 g/mol. The van der Waals surface area contributed by atoms with Crippen molar-refractivity contribution >= 4 is 15.9 Å². The van der Waals surface area contributed by atoms with Crippen LogP contribution in [-0.2, 0) is 21.4 Å². The Morgan fingerprint density at radius 3 is 2.37 bits per heavy atom. The molecule has 1 N–H and O–H groups in total. The summed E-state index contributed by atoms with van der Waals surface area (Å²) in [6.07, 6.45) is 0. The lowest BCUT2D eigenvalue weighted by Gasteiger charge is -2.34. The zero-order valence-corrected chi connectivity index (χ0v) is 16.3. The molecule has 0 aliphatic carbocycles. The predicted octanol–water partition coefficient (Wildman–Crippen LogP) is 1.62. The number of nitrogens with zero attached hydrogens (tertiary/aromatic N) is 2. The minimum absolute atomic E-state index is 0.183. The fraction of sp³-hybridized carbons (Fsp3) is 0.350. The van der Waals surface area contributed by atoms with Crippen LogP contribution >= 0.6 is 0 Å². The Morgan fingerprint density at radius 1 is 1.00 bits per heavy atom. The zero-order valence-electron chi connectivity index (χ0n) is 15.5. The van der Waals surface area contributed by atoms with E-state index in [4.69, 9.17) is 0 Å². The molecule has 0 saturated carbocycles. The summed E-state index contributed by atoms with van der Waals surface area (Å²) in [5.74, 6) is -0.189. The molecule has 6 nitrogen and oxygen atoms in total. The Morgan fingerprint density at radius 2 is 1.70 bits per heavy atom. The largest absolute Gasteiger partial charge is 0.339 e. The Kier molecular flexibility index (Phi) is 6.26. The first-order valence-corrected chi connectivity index (χ1v) is 10.5. The normalized spacial score (nSPS) is 15.7. The molecule has 3 rings (SSSR count). The quantitative estimate of drug-likeness (QED) is 0.818. The van der Waals surface area contributed by atoms with Gasteiger partial charge in [0, 0.05) is 32.7 Å². The van der Waals surface area contributed by atoms with E-state index in [0.29, 0.717) is 13.1 Å². The Bertz CT molecular complexity index is 876. The second-order valence-electron chi connectivity index (χ2n) is 6.78. The van der Waals surface area contributed by atoms with E-state index in [0.717, 1.165) is 25.2 Å². The van der Waals surface area contributed by atoms with E-state index in [2.05, 4.69) is 21.8 Å². The summed E-state index contributed by atoms with van der Waals surface area (Å²) < 4.78 is 27.1. The van der Waals surface area contributed by atoms with Crippen molar-refractivity contribution in [3.63, 3.8) is 0 Å². The first kappa shape index (κ1) is 19.5. The number of hydrogen-bond acceptors (Lipinski definition) is 4. The standard InChI is InChI=1S/C20H25N3O3S/c1-17-6-5-9-19(14-17)27(25,26)21-15-20(24)23-12-10-22(11-13-23)16-18-7-3-2-4-8-18/h2-9,14,21H,10-13,15-16H2,1H3. The van der Waals surface area contributed by atoms with Crippen LogP contribution in [0.1, 0.15) is 11.1 Å². The highest BCUT2D eigenvalue weighted by Gasteiger charge is 2.23. The van der Waals surface area contributed by atoms with Gasteiger partial charge in [-0.25, -0.2) is 13.1 Å². The molecule has 0 radical (unpaired) electrons. The molecule has 1 heterocycles. The molecule has 0 atom stereocenters. The molecule has 27 heavy (non-hydrogen) atoms. The van der Waals surface area contributed by atoms with E-state index in [1.807, 2.05) is 31.2 Å². The molecule has 1 aliphatic rings. The first-order chi connectivity index (χ1) is 12.9. The van der Waals surface area contributed by atoms with E-state index in [-0.39, 0.29) is 17.3 Å². The van der Waals surface area contributed by atoms with E-state index in [1.165, 1.54) is 11.6 Å². The number of benzene rings is 2. The van der Waals surface area contributed by atoms with Crippen LogP contribution in [0.4, 0.5) is 0 Å². The molecule has 1 fully saturated rings. The average molecular weight is 388 g/mol. The SMILES string of the molecule is Cc1cccc(S(=O)(=O)NCC(=O)N2CCN(Cc3ccccc3)CC2)c1. The van der Waals surface area contributed by atoms with Crippen molar-refractivity contribution in [2.45, 2.75) is 18.4 Å². The average Bonchev–Trinajstić information content (AvgIpc) is 2.68.